The zero-order valence-electron chi connectivity index (χ0n) is 21.0. The van der Waals surface area contributed by atoms with Gasteiger partial charge in [0, 0.05) is 49.7 Å². The first kappa shape index (κ1) is 25.8. The predicted molar refractivity (Wildman–Crippen MR) is 140 cm³/mol. The molecule has 0 atom stereocenters. The Bertz CT molecular complexity index is 1560. The Morgan fingerprint density at radius 3 is 2.53 bits per heavy atom. The molecule has 0 unspecified atom stereocenters. The summed E-state index contributed by atoms with van der Waals surface area (Å²) >= 11 is 0. The smallest absolute Gasteiger partial charge is 0.234 e. The summed E-state index contributed by atoms with van der Waals surface area (Å²) in [4.78, 5) is 19.2. The maximum absolute atomic E-state index is 13.5. The molecule has 1 fully saturated rings. The maximum Gasteiger partial charge on any atom is 0.234 e. The number of aromatic amines is 1. The normalized spacial score (nSPS) is 15.1. The Morgan fingerprint density at radius 2 is 1.87 bits per heavy atom. The van der Waals surface area contributed by atoms with E-state index in [1.54, 1.807) is 22.8 Å². The molecule has 0 aliphatic carbocycles. The van der Waals surface area contributed by atoms with Gasteiger partial charge >= 0.3 is 0 Å². The summed E-state index contributed by atoms with van der Waals surface area (Å²) in [5.41, 5.74) is 3.16. The number of nitrogens with one attached hydrogen (secondary N) is 3. The Kier molecular flexibility index (Phi) is 7.10. The van der Waals surface area contributed by atoms with Gasteiger partial charge in [-0.2, -0.15) is 14.5 Å². The number of hydrogen-bond acceptors (Lipinski definition) is 8. The van der Waals surface area contributed by atoms with E-state index in [1.165, 1.54) is 22.7 Å². The molecule has 4 heterocycles. The highest BCUT2D eigenvalue weighted by atomic mass is 32.2. The van der Waals surface area contributed by atoms with Gasteiger partial charge in [0.15, 0.2) is 17.5 Å². The van der Waals surface area contributed by atoms with Gasteiger partial charge < -0.3 is 10.6 Å². The number of carbonyl (C=O) groups is 1. The van der Waals surface area contributed by atoms with Crippen LogP contribution < -0.4 is 10.6 Å². The first-order valence-corrected chi connectivity index (χ1v) is 13.9. The van der Waals surface area contributed by atoms with Crippen LogP contribution in [-0.2, 0) is 21.4 Å². The largest absolute Gasteiger partial charge is 0.348 e. The van der Waals surface area contributed by atoms with E-state index in [9.17, 15) is 17.6 Å². The number of halogens is 1. The molecule has 0 spiro atoms. The Balaban J connectivity index is 1.33. The van der Waals surface area contributed by atoms with Crippen molar-refractivity contribution in [2.24, 2.45) is 0 Å². The Morgan fingerprint density at radius 1 is 1.13 bits per heavy atom. The molecular formula is C24H28FN9O3S. The van der Waals surface area contributed by atoms with E-state index in [0.717, 1.165) is 16.8 Å². The second-order valence-electron chi connectivity index (χ2n) is 9.18. The molecule has 0 bridgehead atoms. The van der Waals surface area contributed by atoms with Gasteiger partial charge in [0.1, 0.15) is 11.3 Å². The zero-order valence-corrected chi connectivity index (χ0v) is 21.8. The summed E-state index contributed by atoms with van der Waals surface area (Å²) in [6.07, 6.45) is 2.97. The standard InChI is InChI=1S/C24H28FN9O3S/c1-16-13-20(30-29-16)27-24-23-19(17-3-5-18(25)6-4-17)7-8-34(23)31-21(28-24)14-26-22(35)15-32-9-11-33(12-10-32)38(2,36)37/h3-8,13H,9-12,14-15H2,1-2H3,(H,26,35)(H2,27,28,29,30,31). The summed E-state index contributed by atoms with van der Waals surface area (Å²) < 4.78 is 40.0. The Labute approximate surface area is 218 Å². The van der Waals surface area contributed by atoms with Gasteiger partial charge in [-0.1, -0.05) is 12.1 Å². The van der Waals surface area contributed by atoms with Gasteiger partial charge in [-0.05, 0) is 30.7 Å². The molecule has 1 aliphatic rings. The van der Waals surface area contributed by atoms with Crippen LogP contribution in [0.25, 0.3) is 16.6 Å². The van der Waals surface area contributed by atoms with Gasteiger partial charge in [0.05, 0.1) is 19.3 Å². The highest BCUT2D eigenvalue weighted by Gasteiger charge is 2.24. The van der Waals surface area contributed by atoms with Crippen molar-refractivity contribution in [2.75, 3.05) is 44.3 Å². The second-order valence-corrected chi connectivity index (χ2v) is 11.2. The number of H-pyrrole nitrogens is 1. The number of benzene rings is 1. The zero-order chi connectivity index (χ0) is 26.9. The van der Waals surface area contributed by atoms with Gasteiger partial charge in [-0.3, -0.25) is 14.8 Å². The van der Waals surface area contributed by atoms with Crippen molar-refractivity contribution in [1.82, 2.24) is 39.3 Å². The van der Waals surface area contributed by atoms with Crippen molar-refractivity contribution in [3.05, 3.63) is 59.9 Å². The third kappa shape index (κ3) is 5.82. The van der Waals surface area contributed by atoms with E-state index < -0.39 is 10.0 Å². The molecule has 1 aromatic carbocycles. The molecule has 5 rings (SSSR count). The van der Waals surface area contributed by atoms with Crippen LogP contribution in [0.3, 0.4) is 0 Å². The molecule has 38 heavy (non-hydrogen) atoms. The molecule has 3 aromatic heterocycles. The lowest BCUT2D eigenvalue weighted by molar-refractivity contribution is -0.122. The average molecular weight is 542 g/mol. The van der Waals surface area contributed by atoms with E-state index in [4.69, 9.17) is 0 Å². The summed E-state index contributed by atoms with van der Waals surface area (Å²) in [6, 6.07) is 9.89. The molecular weight excluding hydrogens is 513 g/mol. The number of aromatic nitrogens is 5. The summed E-state index contributed by atoms with van der Waals surface area (Å²) in [7, 11) is -3.23. The lowest BCUT2D eigenvalue weighted by Crippen LogP contribution is -2.50. The first-order chi connectivity index (χ1) is 18.2. The number of carbonyl (C=O) groups excluding carboxylic acids is 1. The molecule has 1 saturated heterocycles. The van der Waals surface area contributed by atoms with Crippen LogP contribution in [0, 0.1) is 12.7 Å². The lowest BCUT2D eigenvalue weighted by atomic mass is 10.1. The van der Waals surface area contributed by atoms with E-state index in [-0.39, 0.29) is 24.8 Å². The van der Waals surface area contributed by atoms with Crippen LogP contribution in [0.2, 0.25) is 0 Å². The quantitative estimate of drug-likeness (QED) is 0.305. The number of aryl methyl sites for hydroxylation is 1. The molecule has 12 nitrogen and oxygen atoms in total. The van der Waals surface area contributed by atoms with E-state index in [0.29, 0.717) is 49.2 Å². The molecule has 0 saturated carbocycles. The van der Waals surface area contributed by atoms with Crippen molar-refractivity contribution in [2.45, 2.75) is 13.5 Å². The van der Waals surface area contributed by atoms with Crippen molar-refractivity contribution < 1.29 is 17.6 Å². The van der Waals surface area contributed by atoms with Crippen LogP contribution in [-0.4, -0.2) is 87.3 Å². The molecule has 1 amide bonds. The van der Waals surface area contributed by atoms with Crippen LogP contribution in [0.1, 0.15) is 11.5 Å². The van der Waals surface area contributed by atoms with Gasteiger partial charge in [-0.15, -0.1) is 0 Å². The fourth-order valence-electron chi connectivity index (χ4n) is 4.35. The van der Waals surface area contributed by atoms with Crippen LogP contribution in [0.5, 0.6) is 0 Å². The van der Waals surface area contributed by atoms with E-state index in [1.807, 2.05) is 24.0 Å². The highest BCUT2D eigenvalue weighted by molar-refractivity contribution is 7.88. The number of sulfonamides is 1. The van der Waals surface area contributed by atoms with Crippen molar-refractivity contribution in [1.29, 1.82) is 0 Å². The van der Waals surface area contributed by atoms with Gasteiger partial charge in [0.25, 0.3) is 0 Å². The summed E-state index contributed by atoms with van der Waals surface area (Å²) in [5, 5.41) is 17.8. The minimum Gasteiger partial charge on any atom is -0.348 e. The number of amides is 1. The molecule has 14 heteroatoms. The Hall–Kier alpha value is -3.88. The fourth-order valence-corrected chi connectivity index (χ4v) is 5.18. The van der Waals surface area contributed by atoms with Crippen molar-refractivity contribution >= 4 is 33.1 Å². The molecule has 0 radical (unpaired) electrons. The van der Waals surface area contributed by atoms with Crippen LogP contribution >= 0.6 is 0 Å². The number of piperazine rings is 1. The van der Waals surface area contributed by atoms with Gasteiger partial charge in [-0.25, -0.2) is 22.3 Å². The summed E-state index contributed by atoms with van der Waals surface area (Å²) in [5.74, 6) is 0.894. The topological polar surface area (TPSA) is 141 Å². The highest BCUT2D eigenvalue weighted by Crippen LogP contribution is 2.31. The maximum atomic E-state index is 13.5. The monoisotopic (exact) mass is 541 g/mol. The number of anilines is 2. The minimum atomic E-state index is -3.23. The third-order valence-electron chi connectivity index (χ3n) is 6.27. The number of rotatable bonds is 8. The summed E-state index contributed by atoms with van der Waals surface area (Å²) in [6.45, 7) is 3.81. The van der Waals surface area contributed by atoms with Crippen LogP contribution in [0.4, 0.5) is 16.0 Å². The molecule has 1 aliphatic heterocycles. The minimum absolute atomic E-state index is 0.0937. The van der Waals surface area contributed by atoms with Crippen molar-refractivity contribution in [3.8, 4) is 11.1 Å². The van der Waals surface area contributed by atoms with E-state index >= 15 is 0 Å². The molecule has 3 N–H and O–H groups in total. The second kappa shape index (κ2) is 10.5. The predicted octanol–water partition coefficient (Wildman–Crippen LogP) is 1.50. The molecule has 4 aromatic rings. The van der Waals surface area contributed by atoms with E-state index in [2.05, 4.69) is 30.9 Å². The number of hydrogen-bond donors (Lipinski definition) is 3. The fraction of sp³-hybridized carbons (Fsp3) is 0.333. The average Bonchev–Trinajstić information content (AvgIpc) is 3.49. The molecule has 200 valence electrons. The third-order valence-corrected chi connectivity index (χ3v) is 7.58. The number of fused-ring (bicyclic) bond motifs is 1. The van der Waals surface area contributed by atoms with Gasteiger partial charge in [0.2, 0.25) is 15.9 Å². The van der Waals surface area contributed by atoms with Crippen LogP contribution in [0.15, 0.2) is 42.6 Å². The number of nitrogens with zero attached hydrogens (tertiary/aromatic N) is 6. The van der Waals surface area contributed by atoms with Crippen molar-refractivity contribution in [3.63, 3.8) is 0 Å². The lowest BCUT2D eigenvalue weighted by Gasteiger charge is -2.32. The first-order valence-electron chi connectivity index (χ1n) is 12.0. The SMILES string of the molecule is Cc1cc(Nc2nc(CNC(=O)CN3CCN(S(C)(=O)=O)CC3)nn3ccc(-c4ccc(F)cc4)c23)n[nH]1.